The Hall–Kier alpha value is -0.580. The number of nitrogens with one attached hydrogen (secondary N) is 1. The van der Waals surface area contributed by atoms with Crippen molar-refractivity contribution in [1.29, 1.82) is 5.41 Å². The molecular weight excluding hydrogens is 217 g/mol. The highest BCUT2D eigenvalue weighted by Crippen LogP contribution is 2.32. The molecule has 1 unspecified atom stereocenters. The van der Waals surface area contributed by atoms with Gasteiger partial charge in [0.1, 0.15) is 0 Å². The summed E-state index contributed by atoms with van der Waals surface area (Å²) in [6.07, 6.45) is -0.547. The molecule has 16 heavy (non-hydrogen) atoms. The Balaban J connectivity index is 2.40. The van der Waals surface area contributed by atoms with E-state index in [2.05, 4.69) is 0 Å². The lowest BCUT2D eigenvalue weighted by Gasteiger charge is -2.27. The van der Waals surface area contributed by atoms with Crippen molar-refractivity contribution in [3.63, 3.8) is 0 Å². The van der Waals surface area contributed by atoms with Crippen molar-refractivity contribution >= 4 is 5.71 Å². The Morgan fingerprint density at radius 1 is 1.31 bits per heavy atom. The third-order valence-corrected chi connectivity index (χ3v) is 3.41. The first-order chi connectivity index (χ1) is 7.30. The summed E-state index contributed by atoms with van der Waals surface area (Å²) < 4.78 is 37.1. The first kappa shape index (κ1) is 13.5. The summed E-state index contributed by atoms with van der Waals surface area (Å²) in [6.45, 7) is 1.07. The fraction of sp³-hybridized carbons (Fsp3) is 0.909. The maximum atomic E-state index is 12.4. The molecule has 1 aliphatic carbocycles. The molecule has 1 fully saturated rings. The summed E-state index contributed by atoms with van der Waals surface area (Å²) in [5, 5.41) is 7.49. The van der Waals surface area contributed by atoms with Crippen LogP contribution in [0.25, 0.3) is 0 Å². The van der Waals surface area contributed by atoms with Crippen molar-refractivity contribution in [3.05, 3.63) is 0 Å². The van der Waals surface area contributed by atoms with E-state index in [1.807, 2.05) is 0 Å². The molecule has 0 bridgehead atoms. The highest BCUT2D eigenvalue weighted by Gasteiger charge is 2.39. The van der Waals surface area contributed by atoms with Crippen molar-refractivity contribution in [2.45, 2.75) is 51.2 Å². The van der Waals surface area contributed by atoms with E-state index in [0.717, 1.165) is 32.6 Å². The summed E-state index contributed by atoms with van der Waals surface area (Å²) in [5.41, 5.74) is 5.54. The highest BCUT2D eigenvalue weighted by atomic mass is 19.4. The van der Waals surface area contributed by atoms with Crippen LogP contribution in [0.1, 0.15) is 39.0 Å². The summed E-state index contributed by atoms with van der Waals surface area (Å²) >= 11 is 0. The summed E-state index contributed by atoms with van der Waals surface area (Å²) in [7, 11) is 0. The lowest BCUT2D eigenvalue weighted by molar-refractivity contribution is -0.151. The minimum Gasteiger partial charge on any atom is -0.328 e. The first-order valence-corrected chi connectivity index (χ1v) is 5.70. The Bertz CT molecular complexity index is 242. The van der Waals surface area contributed by atoms with Crippen molar-refractivity contribution in [2.24, 2.45) is 17.6 Å². The third kappa shape index (κ3) is 3.77. The molecule has 1 aliphatic rings. The molecule has 0 aromatic heterocycles. The molecule has 1 saturated carbocycles. The van der Waals surface area contributed by atoms with Crippen LogP contribution in [0.3, 0.4) is 0 Å². The van der Waals surface area contributed by atoms with Gasteiger partial charge in [-0.2, -0.15) is 13.2 Å². The number of alkyl halides is 3. The largest absolute Gasteiger partial charge is 0.396 e. The second-order valence-corrected chi connectivity index (χ2v) is 4.77. The van der Waals surface area contributed by atoms with Crippen molar-refractivity contribution in [1.82, 2.24) is 0 Å². The second-order valence-electron chi connectivity index (χ2n) is 4.77. The maximum absolute atomic E-state index is 12.4. The molecule has 1 rings (SSSR count). The van der Waals surface area contributed by atoms with E-state index in [1.54, 1.807) is 0 Å². The summed E-state index contributed by atoms with van der Waals surface area (Å²) in [5.74, 6) is -1.39. The van der Waals surface area contributed by atoms with Gasteiger partial charge in [0.05, 0.1) is 5.92 Å². The van der Waals surface area contributed by atoms with Crippen LogP contribution < -0.4 is 5.73 Å². The standard InChI is InChI=1S/C11H19F3N2/c1-7(11(12,13)14)10(16)6-8-2-4-9(15)5-3-8/h7-9,16H,2-6,15H2,1H3. The molecule has 2 nitrogen and oxygen atoms in total. The molecule has 0 radical (unpaired) electrons. The minimum atomic E-state index is -4.28. The molecule has 3 N–H and O–H groups in total. The van der Waals surface area contributed by atoms with Gasteiger partial charge in [0.15, 0.2) is 0 Å². The highest BCUT2D eigenvalue weighted by molar-refractivity contribution is 5.84. The Kier molecular flexibility index (Phi) is 4.35. The third-order valence-electron chi connectivity index (χ3n) is 3.41. The van der Waals surface area contributed by atoms with E-state index < -0.39 is 12.1 Å². The molecule has 0 saturated heterocycles. The van der Waals surface area contributed by atoms with Crippen LogP contribution in [0.2, 0.25) is 0 Å². The molecule has 0 aromatic carbocycles. The van der Waals surface area contributed by atoms with Crippen LogP contribution in [0, 0.1) is 17.2 Å². The van der Waals surface area contributed by atoms with E-state index in [1.165, 1.54) is 0 Å². The van der Waals surface area contributed by atoms with E-state index in [4.69, 9.17) is 11.1 Å². The molecule has 0 heterocycles. The predicted molar refractivity (Wildman–Crippen MR) is 57.5 cm³/mol. The van der Waals surface area contributed by atoms with Gasteiger partial charge in [-0.05, 0) is 44.9 Å². The molecule has 94 valence electrons. The maximum Gasteiger partial charge on any atom is 0.396 e. The van der Waals surface area contributed by atoms with Crippen molar-refractivity contribution < 1.29 is 13.2 Å². The molecule has 5 heteroatoms. The van der Waals surface area contributed by atoms with E-state index in [9.17, 15) is 13.2 Å². The molecule has 0 aliphatic heterocycles. The number of nitrogens with two attached hydrogens (primary N) is 1. The zero-order valence-corrected chi connectivity index (χ0v) is 9.48. The zero-order chi connectivity index (χ0) is 12.3. The van der Waals surface area contributed by atoms with Gasteiger partial charge in [0, 0.05) is 11.8 Å². The summed E-state index contributed by atoms with van der Waals surface area (Å²) in [6, 6.07) is 0.200. The van der Waals surface area contributed by atoms with Gasteiger partial charge in [-0.25, -0.2) is 0 Å². The first-order valence-electron chi connectivity index (χ1n) is 5.70. The van der Waals surface area contributed by atoms with Gasteiger partial charge in [-0.3, -0.25) is 0 Å². The van der Waals surface area contributed by atoms with Gasteiger partial charge in [-0.1, -0.05) is 0 Å². The van der Waals surface area contributed by atoms with Crippen molar-refractivity contribution in [2.75, 3.05) is 0 Å². The Morgan fingerprint density at radius 2 is 1.81 bits per heavy atom. The fourth-order valence-corrected chi connectivity index (χ4v) is 2.08. The number of halogens is 3. The van der Waals surface area contributed by atoms with Crippen LogP contribution >= 0.6 is 0 Å². The van der Waals surface area contributed by atoms with E-state index in [0.29, 0.717) is 0 Å². The normalized spacial score (nSPS) is 28.8. The average Bonchev–Trinajstić information content (AvgIpc) is 2.19. The average molecular weight is 236 g/mol. The van der Waals surface area contributed by atoms with Gasteiger partial charge in [0.2, 0.25) is 0 Å². The quantitative estimate of drug-likeness (QED) is 0.727. The SMILES string of the molecule is CC(C(=N)CC1CCC(N)CC1)C(F)(F)F. The van der Waals surface area contributed by atoms with E-state index >= 15 is 0 Å². The molecule has 0 spiro atoms. The van der Waals surface area contributed by atoms with Gasteiger partial charge < -0.3 is 11.1 Å². The molecule has 0 amide bonds. The van der Waals surface area contributed by atoms with Crippen LogP contribution in [0.15, 0.2) is 0 Å². The van der Waals surface area contributed by atoms with E-state index in [-0.39, 0.29) is 24.1 Å². The predicted octanol–water partition coefficient (Wildman–Crippen LogP) is 3.11. The van der Waals surface area contributed by atoms with Crippen molar-refractivity contribution in [3.8, 4) is 0 Å². The monoisotopic (exact) mass is 236 g/mol. The Labute approximate surface area is 93.9 Å². The molecule has 0 aromatic rings. The fourth-order valence-electron chi connectivity index (χ4n) is 2.08. The second kappa shape index (κ2) is 5.17. The van der Waals surface area contributed by atoms with Crippen LogP contribution in [-0.4, -0.2) is 17.9 Å². The molecule has 1 atom stereocenters. The van der Waals surface area contributed by atoms with Gasteiger partial charge in [0.25, 0.3) is 0 Å². The summed E-state index contributed by atoms with van der Waals surface area (Å²) in [4.78, 5) is 0. The number of hydrogen-bond donors (Lipinski definition) is 2. The van der Waals surface area contributed by atoms with Crippen LogP contribution in [0.4, 0.5) is 13.2 Å². The zero-order valence-electron chi connectivity index (χ0n) is 9.48. The number of hydrogen-bond acceptors (Lipinski definition) is 2. The lowest BCUT2D eigenvalue weighted by atomic mass is 9.81. The van der Waals surface area contributed by atoms with Crippen LogP contribution in [-0.2, 0) is 0 Å². The van der Waals surface area contributed by atoms with Gasteiger partial charge >= 0.3 is 6.18 Å². The minimum absolute atomic E-state index is 0.187. The number of rotatable bonds is 3. The van der Waals surface area contributed by atoms with Crippen LogP contribution in [0.5, 0.6) is 0 Å². The Morgan fingerprint density at radius 3 is 2.25 bits per heavy atom. The lowest BCUT2D eigenvalue weighted by Crippen LogP contribution is -2.31. The molecular formula is C11H19F3N2. The van der Waals surface area contributed by atoms with Gasteiger partial charge in [-0.15, -0.1) is 0 Å². The smallest absolute Gasteiger partial charge is 0.328 e. The topological polar surface area (TPSA) is 49.9 Å².